The zero-order valence-electron chi connectivity index (χ0n) is 7.89. The number of hydrogen-bond acceptors (Lipinski definition) is 2. The Hall–Kier alpha value is -2.15. The van der Waals surface area contributed by atoms with Gasteiger partial charge >= 0.3 is 0 Å². The first-order valence-electron chi connectivity index (χ1n) is 4.45. The Balaban J connectivity index is 2.40. The fourth-order valence-corrected chi connectivity index (χ4v) is 1.36. The highest BCUT2D eigenvalue weighted by Gasteiger charge is 2.04. The minimum Gasteiger partial charge on any atom is -0.303 e. The largest absolute Gasteiger partial charge is 0.303 e. The van der Waals surface area contributed by atoms with Crippen molar-refractivity contribution >= 4 is 0 Å². The lowest BCUT2D eigenvalue weighted by molar-refractivity contribution is 0.616. The fourth-order valence-electron chi connectivity index (χ4n) is 1.36. The molecule has 0 amide bonds. The van der Waals surface area contributed by atoms with Crippen LogP contribution in [0.4, 0.5) is 4.39 Å². The summed E-state index contributed by atoms with van der Waals surface area (Å²) in [6, 6.07) is 6.73. The van der Waals surface area contributed by atoms with Crippen molar-refractivity contribution < 1.29 is 4.39 Å². The highest BCUT2D eigenvalue weighted by atomic mass is 19.1. The second-order valence-corrected chi connectivity index (χ2v) is 3.09. The SMILES string of the molecule is N#CCc1ccc(-n2ccnc2)c(F)c1. The molecule has 0 saturated heterocycles. The number of aromatic nitrogens is 2. The van der Waals surface area contributed by atoms with Crippen molar-refractivity contribution in [1.29, 1.82) is 5.26 Å². The van der Waals surface area contributed by atoms with Gasteiger partial charge in [0, 0.05) is 12.4 Å². The molecule has 0 atom stereocenters. The molecule has 0 aliphatic heterocycles. The number of benzene rings is 1. The zero-order valence-corrected chi connectivity index (χ0v) is 7.89. The van der Waals surface area contributed by atoms with Gasteiger partial charge in [-0.25, -0.2) is 9.37 Å². The number of rotatable bonds is 2. The van der Waals surface area contributed by atoms with Gasteiger partial charge in [0.05, 0.1) is 24.5 Å². The maximum absolute atomic E-state index is 13.6. The minimum atomic E-state index is -0.347. The van der Waals surface area contributed by atoms with Crippen molar-refractivity contribution in [3.63, 3.8) is 0 Å². The van der Waals surface area contributed by atoms with Crippen LogP contribution in [0.2, 0.25) is 0 Å². The number of halogens is 1. The third kappa shape index (κ3) is 1.86. The molecule has 1 aromatic carbocycles. The van der Waals surface area contributed by atoms with Crippen LogP contribution in [0, 0.1) is 17.1 Å². The van der Waals surface area contributed by atoms with E-state index in [-0.39, 0.29) is 12.2 Å². The van der Waals surface area contributed by atoms with Gasteiger partial charge in [0.25, 0.3) is 0 Å². The topological polar surface area (TPSA) is 41.6 Å². The van der Waals surface area contributed by atoms with E-state index in [1.165, 1.54) is 12.4 Å². The van der Waals surface area contributed by atoms with Gasteiger partial charge in [-0.2, -0.15) is 5.26 Å². The van der Waals surface area contributed by atoms with Crippen molar-refractivity contribution in [3.8, 4) is 11.8 Å². The van der Waals surface area contributed by atoms with Gasteiger partial charge in [-0.15, -0.1) is 0 Å². The Morgan fingerprint density at radius 2 is 2.33 bits per heavy atom. The molecule has 0 fully saturated rings. The van der Waals surface area contributed by atoms with Crippen LogP contribution in [-0.4, -0.2) is 9.55 Å². The molecule has 0 spiro atoms. The molecule has 0 aliphatic rings. The van der Waals surface area contributed by atoms with E-state index in [4.69, 9.17) is 5.26 Å². The van der Waals surface area contributed by atoms with E-state index in [9.17, 15) is 4.39 Å². The number of nitrogens with zero attached hydrogens (tertiary/aromatic N) is 3. The molecule has 0 radical (unpaired) electrons. The van der Waals surface area contributed by atoms with E-state index in [2.05, 4.69) is 4.98 Å². The molecule has 0 unspecified atom stereocenters. The molecule has 0 aliphatic carbocycles. The predicted molar refractivity (Wildman–Crippen MR) is 52.8 cm³/mol. The molecule has 0 saturated carbocycles. The molecule has 3 nitrogen and oxygen atoms in total. The first-order valence-corrected chi connectivity index (χ1v) is 4.45. The lowest BCUT2D eigenvalue weighted by Gasteiger charge is -2.04. The molecule has 0 N–H and O–H groups in total. The maximum atomic E-state index is 13.6. The first-order chi connectivity index (χ1) is 7.31. The second-order valence-electron chi connectivity index (χ2n) is 3.09. The molecular formula is C11H8FN3. The van der Waals surface area contributed by atoms with Crippen LogP contribution in [0.3, 0.4) is 0 Å². The van der Waals surface area contributed by atoms with E-state index in [1.807, 2.05) is 6.07 Å². The summed E-state index contributed by atoms with van der Waals surface area (Å²) in [4.78, 5) is 3.84. The van der Waals surface area contributed by atoms with E-state index in [0.717, 1.165) is 0 Å². The average molecular weight is 201 g/mol. The smallest absolute Gasteiger partial charge is 0.147 e. The zero-order chi connectivity index (χ0) is 10.7. The maximum Gasteiger partial charge on any atom is 0.147 e. The lowest BCUT2D eigenvalue weighted by Crippen LogP contribution is -1.95. The van der Waals surface area contributed by atoms with Gasteiger partial charge < -0.3 is 4.57 Å². The van der Waals surface area contributed by atoms with Crippen LogP contribution in [0.15, 0.2) is 36.9 Å². The summed E-state index contributed by atoms with van der Waals surface area (Å²) in [6.45, 7) is 0. The van der Waals surface area contributed by atoms with Crippen LogP contribution >= 0.6 is 0 Å². The standard InChI is InChI=1S/C11H8FN3/c12-10-7-9(3-4-13)1-2-11(10)15-6-5-14-8-15/h1-2,5-8H,3H2. The van der Waals surface area contributed by atoms with Crippen LogP contribution in [0.25, 0.3) is 5.69 Å². The third-order valence-electron chi connectivity index (χ3n) is 2.08. The summed E-state index contributed by atoms with van der Waals surface area (Å²) in [6.07, 6.45) is 5.01. The van der Waals surface area contributed by atoms with Gasteiger partial charge in [0.1, 0.15) is 5.82 Å². The lowest BCUT2D eigenvalue weighted by atomic mass is 10.1. The molecule has 0 bridgehead atoms. The minimum absolute atomic E-state index is 0.223. The van der Waals surface area contributed by atoms with Crippen LogP contribution in [0.5, 0.6) is 0 Å². The van der Waals surface area contributed by atoms with E-state index >= 15 is 0 Å². The average Bonchev–Trinajstić information content (AvgIpc) is 2.71. The molecular weight excluding hydrogens is 193 g/mol. The van der Waals surface area contributed by atoms with Gasteiger partial charge in [0.15, 0.2) is 0 Å². The van der Waals surface area contributed by atoms with Crippen molar-refractivity contribution in [2.24, 2.45) is 0 Å². The predicted octanol–water partition coefficient (Wildman–Crippen LogP) is 2.08. The summed E-state index contributed by atoms with van der Waals surface area (Å²) < 4.78 is 15.2. The van der Waals surface area contributed by atoms with Crippen molar-refractivity contribution in [2.75, 3.05) is 0 Å². The Labute approximate surface area is 86.4 Å². The fraction of sp³-hybridized carbons (Fsp3) is 0.0909. The van der Waals surface area contributed by atoms with E-state index in [0.29, 0.717) is 11.3 Å². The van der Waals surface area contributed by atoms with Crippen molar-refractivity contribution in [3.05, 3.63) is 48.3 Å². The molecule has 15 heavy (non-hydrogen) atoms. The summed E-state index contributed by atoms with van der Waals surface area (Å²) in [7, 11) is 0. The van der Waals surface area contributed by atoms with Gasteiger partial charge in [-0.3, -0.25) is 0 Å². The highest BCUT2D eigenvalue weighted by molar-refractivity contribution is 5.37. The summed E-state index contributed by atoms with van der Waals surface area (Å²) in [5.74, 6) is -0.347. The molecule has 2 aromatic rings. The van der Waals surface area contributed by atoms with E-state index < -0.39 is 0 Å². The number of nitriles is 1. The Morgan fingerprint density at radius 3 is 2.93 bits per heavy atom. The van der Waals surface area contributed by atoms with Gasteiger partial charge in [0.2, 0.25) is 0 Å². The first kappa shape index (κ1) is 9.41. The van der Waals surface area contributed by atoms with Gasteiger partial charge in [-0.05, 0) is 17.7 Å². The monoisotopic (exact) mass is 201 g/mol. The molecule has 4 heteroatoms. The quantitative estimate of drug-likeness (QED) is 0.746. The van der Waals surface area contributed by atoms with Crippen LogP contribution in [0.1, 0.15) is 5.56 Å². The highest BCUT2D eigenvalue weighted by Crippen LogP contribution is 2.14. The third-order valence-corrected chi connectivity index (χ3v) is 2.08. The normalized spacial score (nSPS) is 9.87. The second kappa shape index (κ2) is 3.93. The molecule has 74 valence electrons. The Kier molecular flexibility index (Phi) is 2.46. The Morgan fingerprint density at radius 1 is 1.47 bits per heavy atom. The Bertz CT molecular complexity index is 497. The van der Waals surface area contributed by atoms with Crippen LogP contribution < -0.4 is 0 Å². The molecule has 1 heterocycles. The van der Waals surface area contributed by atoms with Crippen molar-refractivity contribution in [2.45, 2.75) is 6.42 Å². The molecule has 2 rings (SSSR count). The van der Waals surface area contributed by atoms with Gasteiger partial charge in [-0.1, -0.05) is 6.07 Å². The van der Waals surface area contributed by atoms with Crippen molar-refractivity contribution in [1.82, 2.24) is 9.55 Å². The van der Waals surface area contributed by atoms with E-state index in [1.54, 1.807) is 29.1 Å². The summed E-state index contributed by atoms with van der Waals surface area (Å²) in [5.41, 5.74) is 1.12. The molecule has 1 aromatic heterocycles. The van der Waals surface area contributed by atoms with Crippen LogP contribution in [-0.2, 0) is 6.42 Å². The number of imidazole rings is 1. The summed E-state index contributed by atoms with van der Waals surface area (Å²) in [5, 5.41) is 8.48. The number of hydrogen-bond donors (Lipinski definition) is 0. The summed E-state index contributed by atoms with van der Waals surface area (Å²) >= 11 is 0.